The lowest BCUT2D eigenvalue weighted by Crippen LogP contribution is -2.68. The zero-order valence-electron chi connectivity index (χ0n) is 30.5. The Bertz CT molecular complexity index is 1650. The fourth-order valence-corrected chi connectivity index (χ4v) is 22.7. The highest BCUT2D eigenvalue weighted by molar-refractivity contribution is 7.09. The van der Waals surface area contributed by atoms with Crippen molar-refractivity contribution in [1.82, 2.24) is 0 Å². The molecule has 48 heavy (non-hydrogen) atoms. The molecule has 2 unspecified atom stereocenters. The summed E-state index contributed by atoms with van der Waals surface area (Å²) in [6.07, 6.45) is 5.95. The van der Waals surface area contributed by atoms with Crippen LogP contribution in [0.2, 0.25) is 16.1 Å². The quantitative estimate of drug-likeness (QED) is 0.179. The van der Waals surface area contributed by atoms with E-state index in [4.69, 9.17) is 0 Å². The molecule has 0 aromatic heterocycles. The Morgan fingerprint density at radius 1 is 0.625 bits per heavy atom. The van der Waals surface area contributed by atoms with E-state index in [9.17, 15) is 4.79 Å². The van der Waals surface area contributed by atoms with Crippen LogP contribution in [0.3, 0.4) is 0 Å². The van der Waals surface area contributed by atoms with Crippen molar-refractivity contribution in [3.63, 3.8) is 0 Å². The summed E-state index contributed by atoms with van der Waals surface area (Å²) < 4.78 is 0. The molecule has 1 nitrogen and oxygen atoms in total. The zero-order chi connectivity index (χ0) is 34.2. The molecule has 0 N–H and O–H groups in total. The molecular formula is C45H56OSi2. The van der Waals surface area contributed by atoms with Crippen molar-refractivity contribution in [1.29, 1.82) is 0 Å². The highest BCUT2D eigenvalue weighted by atomic mass is 28.3. The van der Waals surface area contributed by atoms with E-state index in [-0.39, 0.29) is 15.5 Å². The molecule has 4 aromatic carbocycles. The molecule has 0 aliphatic heterocycles. The third-order valence-electron chi connectivity index (χ3n) is 12.5. The van der Waals surface area contributed by atoms with E-state index >= 15 is 0 Å². The monoisotopic (exact) mass is 668 g/mol. The van der Waals surface area contributed by atoms with Gasteiger partial charge in [-0.2, -0.15) is 0 Å². The van der Waals surface area contributed by atoms with E-state index < -0.39 is 16.1 Å². The number of allylic oxidation sites excluding steroid dienone is 2. The van der Waals surface area contributed by atoms with Gasteiger partial charge in [0.05, 0.1) is 0 Å². The van der Waals surface area contributed by atoms with Crippen LogP contribution in [0.1, 0.15) is 87.0 Å². The van der Waals surface area contributed by atoms with Gasteiger partial charge in [0, 0.05) is 11.8 Å². The minimum Gasteiger partial charge on any atom is -0.299 e. The Morgan fingerprint density at radius 2 is 1.06 bits per heavy atom. The van der Waals surface area contributed by atoms with E-state index in [0.717, 1.165) is 44.6 Å². The van der Waals surface area contributed by atoms with E-state index in [1.54, 1.807) is 5.20 Å². The maximum absolute atomic E-state index is 14.6. The Balaban J connectivity index is 1.64. The first kappa shape index (κ1) is 34.6. The molecule has 2 aliphatic carbocycles. The largest absolute Gasteiger partial charge is 0.299 e. The van der Waals surface area contributed by atoms with Crippen molar-refractivity contribution in [2.45, 2.75) is 103 Å². The molecule has 0 saturated heterocycles. The molecule has 2 aliphatic rings. The van der Waals surface area contributed by atoms with Crippen molar-refractivity contribution in [2.24, 2.45) is 11.3 Å². The van der Waals surface area contributed by atoms with Crippen LogP contribution in [-0.2, 0) is 4.79 Å². The first-order chi connectivity index (χ1) is 22.9. The Morgan fingerprint density at radius 3 is 1.46 bits per heavy atom. The summed E-state index contributed by atoms with van der Waals surface area (Å²) in [7, 11) is -5.00. The van der Waals surface area contributed by atoms with Crippen molar-refractivity contribution >= 4 is 42.7 Å². The lowest BCUT2D eigenvalue weighted by molar-refractivity contribution is -0.130. The Kier molecular flexibility index (Phi) is 9.52. The smallest absolute Gasteiger partial charge is 0.149 e. The molecule has 0 heterocycles. The van der Waals surface area contributed by atoms with Gasteiger partial charge in [-0.3, -0.25) is 4.79 Å². The fraction of sp³-hybridized carbons (Fsp3) is 0.400. The number of hydrogen-bond donors (Lipinski definition) is 0. The average Bonchev–Trinajstić information content (AvgIpc) is 3.08. The second-order valence-electron chi connectivity index (χ2n) is 16.9. The van der Waals surface area contributed by atoms with Crippen LogP contribution in [0.15, 0.2) is 132 Å². The first-order valence-electron chi connectivity index (χ1n) is 18.3. The number of Topliss-reactive ketones (excluding diaryl/α,β-unsaturated/α-hetero) is 1. The number of benzene rings is 4. The Hall–Kier alpha value is -3.28. The molecule has 250 valence electrons. The van der Waals surface area contributed by atoms with Crippen LogP contribution in [0.5, 0.6) is 0 Å². The van der Waals surface area contributed by atoms with Crippen molar-refractivity contribution in [2.75, 3.05) is 0 Å². The van der Waals surface area contributed by atoms with Gasteiger partial charge in [-0.1, -0.05) is 190 Å². The van der Waals surface area contributed by atoms with Gasteiger partial charge in [0.2, 0.25) is 0 Å². The summed E-state index contributed by atoms with van der Waals surface area (Å²) in [6.45, 7) is 17.3. The van der Waals surface area contributed by atoms with E-state index in [0.29, 0.717) is 11.7 Å². The van der Waals surface area contributed by atoms with Gasteiger partial charge in [0.1, 0.15) is 21.9 Å². The van der Waals surface area contributed by atoms with Crippen LogP contribution in [0, 0.1) is 11.3 Å². The number of carbonyl (C=O) groups excluding carboxylic acids is 1. The number of rotatable bonds is 7. The summed E-state index contributed by atoms with van der Waals surface area (Å²) >= 11 is 0. The van der Waals surface area contributed by atoms with Gasteiger partial charge < -0.3 is 0 Å². The minimum atomic E-state index is -2.63. The molecule has 0 bridgehead atoms. The maximum atomic E-state index is 14.6. The molecule has 1 fully saturated rings. The summed E-state index contributed by atoms with van der Waals surface area (Å²) in [4.78, 5) is 14.6. The standard InChI is InChI=1S/C45H56OSi2/c1-35-41(48(44(5,6)7,39-26-16-10-17-27-39)40-28-18-11-19-29-40)32-36(33-45(35)31-21-20-30-42(45)46)34-47(43(2,3)4,37-22-12-8-13-23-37)38-24-14-9-15-25-38/h8-19,22-29,36H,20-21,30-34H2,1-7H3. The summed E-state index contributed by atoms with van der Waals surface area (Å²) in [5, 5.41) is 7.69. The highest BCUT2D eigenvalue weighted by Gasteiger charge is 2.58. The highest BCUT2D eigenvalue weighted by Crippen LogP contribution is 2.57. The molecule has 6 rings (SSSR count). The lowest BCUT2D eigenvalue weighted by atomic mass is 9.61. The molecule has 1 spiro atoms. The van der Waals surface area contributed by atoms with Crippen molar-refractivity contribution < 1.29 is 4.79 Å². The van der Waals surface area contributed by atoms with Gasteiger partial charge in [-0.05, 0) is 65.0 Å². The van der Waals surface area contributed by atoms with Crippen LogP contribution < -0.4 is 20.7 Å². The topological polar surface area (TPSA) is 17.1 Å². The van der Waals surface area contributed by atoms with Gasteiger partial charge in [0.15, 0.2) is 0 Å². The number of carbonyl (C=O) groups is 1. The predicted octanol–water partition coefficient (Wildman–Crippen LogP) is 9.51. The lowest BCUT2D eigenvalue weighted by Gasteiger charge is -2.54. The molecular weight excluding hydrogens is 613 g/mol. The predicted molar refractivity (Wildman–Crippen MR) is 211 cm³/mol. The van der Waals surface area contributed by atoms with E-state index in [1.807, 2.05) is 0 Å². The molecule has 1 saturated carbocycles. The van der Waals surface area contributed by atoms with E-state index in [1.165, 1.54) is 26.3 Å². The SMILES string of the molecule is CC1=C([Si](c2ccccc2)(c2ccccc2)C(C)(C)C)CC(C[Si](c2ccccc2)(c2ccccc2)C(C)(C)C)CC12CCCCC2=O. The molecule has 4 aromatic rings. The van der Waals surface area contributed by atoms with Crippen molar-refractivity contribution in [3.05, 3.63) is 132 Å². The van der Waals surface area contributed by atoms with Crippen LogP contribution in [0.4, 0.5) is 0 Å². The summed E-state index contributed by atoms with van der Waals surface area (Å²) in [5.41, 5.74) is 1.06. The minimum absolute atomic E-state index is 0.00943. The van der Waals surface area contributed by atoms with Crippen molar-refractivity contribution in [3.8, 4) is 0 Å². The second kappa shape index (κ2) is 13.2. The second-order valence-corrected chi connectivity index (χ2v) is 26.5. The normalized spacial score (nSPS) is 21.1. The number of ketones is 1. The average molecular weight is 669 g/mol. The van der Waals surface area contributed by atoms with Gasteiger partial charge in [-0.25, -0.2) is 0 Å². The number of hydrogen-bond acceptors (Lipinski definition) is 1. The fourth-order valence-electron chi connectivity index (χ4n) is 10.4. The first-order valence-corrected chi connectivity index (χ1v) is 22.5. The van der Waals surface area contributed by atoms with Crippen LogP contribution >= 0.6 is 0 Å². The molecule has 0 radical (unpaired) electrons. The molecule has 2 atom stereocenters. The molecule has 3 heteroatoms. The summed E-state index contributed by atoms with van der Waals surface area (Å²) in [6, 6.07) is 47.1. The third-order valence-corrected chi connectivity index (χ3v) is 25.0. The summed E-state index contributed by atoms with van der Waals surface area (Å²) in [5.74, 6) is 0.924. The maximum Gasteiger partial charge on any atom is 0.149 e. The van der Waals surface area contributed by atoms with Crippen LogP contribution in [0.25, 0.3) is 0 Å². The van der Waals surface area contributed by atoms with Gasteiger partial charge >= 0.3 is 0 Å². The van der Waals surface area contributed by atoms with Crippen LogP contribution in [-0.4, -0.2) is 21.9 Å². The molecule has 0 amide bonds. The third kappa shape index (κ3) is 5.65. The van der Waals surface area contributed by atoms with Gasteiger partial charge in [-0.15, -0.1) is 0 Å². The van der Waals surface area contributed by atoms with E-state index in [2.05, 4.69) is 170 Å². The van der Waals surface area contributed by atoms with Gasteiger partial charge in [0.25, 0.3) is 0 Å². The Labute approximate surface area is 292 Å². The zero-order valence-corrected chi connectivity index (χ0v) is 32.5.